The molecule has 1 aromatic carbocycles. The molecule has 2 unspecified atom stereocenters. The molecule has 2 saturated heterocycles. The van der Waals surface area contributed by atoms with Gasteiger partial charge in [0, 0.05) is 50.4 Å². The first-order valence-electron chi connectivity index (χ1n) is 10.6. The normalized spacial score (nSPS) is 21.1. The molecule has 0 saturated carbocycles. The predicted molar refractivity (Wildman–Crippen MR) is 111 cm³/mol. The van der Waals surface area contributed by atoms with Crippen molar-refractivity contribution < 1.29 is 18.8 Å². The number of aromatic nitrogens is 2. The Morgan fingerprint density at radius 3 is 2.84 bits per heavy atom. The fourth-order valence-electron chi connectivity index (χ4n) is 4.48. The van der Waals surface area contributed by atoms with Crippen LogP contribution in [0.4, 0.5) is 4.39 Å². The summed E-state index contributed by atoms with van der Waals surface area (Å²) >= 11 is 0. The van der Waals surface area contributed by atoms with Crippen molar-refractivity contribution in [3.8, 4) is 5.69 Å². The average Bonchev–Trinajstić information content (AvgIpc) is 3.39. The Labute approximate surface area is 179 Å². The number of halogens is 1. The predicted octanol–water partition coefficient (Wildman–Crippen LogP) is 1.45. The fourth-order valence-corrected chi connectivity index (χ4v) is 4.48. The largest absolute Gasteiger partial charge is 0.356 e. The quantitative estimate of drug-likeness (QED) is 0.722. The van der Waals surface area contributed by atoms with Gasteiger partial charge in [-0.15, -0.1) is 0 Å². The summed E-state index contributed by atoms with van der Waals surface area (Å²) in [6.45, 7) is 2.88. The lowest BCUT2D eigenvalue weighted by Crippen LogP contribution is -2.52. The molecule has 0 spiro atoms. The van der Waals surface area contributed by atoms with Crippen molar-refractivity contribution >= 4 is 17.7 Å². The van der Waals surface area contributed by atoms with Gasteiger partial charge in [0.15, 0.2) is 0 Å². The van der Waals surface area contributed by atoms with E-state index < -0.39 is 17.6 Å². The number of imidazole rings is 1. The van der Waals surface area contributed by atoms with Gasteiger partial charge in [-0.2, -0.15) is 0 Å². The smallest absolute Gasteiger partial charge is 0.312 e. The van der Waals surface area contributed by atoms with E-state index in [4.69, 9.17) is 0 Å². The summed E-state index contributed by atoms with van der Waals surface area (Å²) in [5, 5.41) is 5.42. The van der Waals surface area contributed by atoms with E-state index in [-0.39, 0.29) is 24.4 Å². The third kappa shape index (κ3) is 4.45. The molecular weight excluding hydrogens is 401 g/mol. The molecule has 9 heteroatoms. The molecule has 3 amide bonds. The lowest BCUT2D eigenvalue weighted by atomic mass is 9.89. The second kappa shape index (κ2) is 8.87. The highest BCUT2D eigenvalue weighted by atomic mass is 19.1. The molecule has 2 aromatic rings. The van der Waals surface area contributed by atoms with E-state index in [1.807, 2.05) is 0 Å². The summed E-state index contributed by atoms with van der Waals surface area (Å²) in [7, 11) is 0. The van der Waals surface area contributed by atoms with Gasteiger partial charge in [0.25, 0.3) is 0 Å². The zero-order valence-corrected chi connectivity index (χ0v) is 17.4. The van der Waals surface area contributed by atoms with Crippen molar-refractivity contribution in [2.24, 2.45) is 5.92 Å². The fraction of sp³-hybridized carbons (Fsp3) is 0.455. The first kappa shape index (κ1) is 21.0. The highest BCUT2D eigenvalue weighted by molar-refractivity contribution is 6.35. The van der Waals surface area contributed by atoms with E-state index in [1.54, 1.807) is 40.9 Å². The van der Waals surface area contributed by atoms with Gasteiger partial charge in [-0.1, -0.05) is 6.07 Å². The topological polar surface area (TPSA) is 96.3 Å². The molecule has 2 aliphatic heterocycles. The van der Waals surface area contributed by atoms with Gasteiger partial charge in [0.05, 0.1) is 5.69 Å². The van der Waals surface area contributed by atoms with Crippen LogP contribution in [-0.4, -0.2) is 51.3 Å². The highest BCUT2D eigenvalue weighted by Crippen LogP contribution is 2.27. The SMILES string of the molecule is Cc1nccn1-c1ccc(CNC(=O)C(=O)N2CCCCC2C2CNC(=O)C2)cc1F. The summed E-state index contributed by atoms with van der Waals surface area (Å²) < 4.78 is 16.2. The van der Waals surface area contributed by atoms with Crippen molar-refractivity contribution in [1.29, 1.82) is 0 Å². The van der Waals surface area contributed by atoms with Gasteiger partial charge in [-0.3, -0.25) is 14.4 Å². The number of benzene rings is 1. The summed E-state index contributed by atoms with van der Waals surface area (Å²) in [5.74, 6) is -1.04. The molecule has 1 aromatic heterocycles. The molecule has 0 aliphatic carbocycles. The average molecular weight is 427 g/mol. The molecule has 2 atom stereocenters. The third-order valence-electron chi connectivity index (χ3n) is 6.11. The number of amides is 3. The molecule has 8 nitrogen and oxygen atoms in total. The Morgan fingerprint density at radius 1 is 1.32 bits per heavy atom. The van der Waals surface area contributed by atoms with Crippen LogP contribution in [0.2, 0.25) is 0 Å². The number of nitrogens with zero attached hydrogens (tertiary/aromatic N) is 3. The van der Waals surface area contributed by atoms with Crippen LogP contribution in [0.5, 0.6) is 0 Å². The summed E-state index contributed by atoms with van der Waals surface area (Å²) in [6, 6.07) is 4.57. The number of carbonyl (C=O) groups excluding carboxylic acids is 3. The minimum absolute atomic E-state index is 0.0104. The second-order valence-corrected chi connectivity index (χ2v) is 8.14. The molecule has 2 fully saturated rings. The number of hydrogen-bond acceptors (Lipinski definition) is 4. The molecule has 4 rings (SSSR count). The number of rotatable bonds is 4. The van der Waals surface area contributed by atoms with E-state index >= 15 is 0 Å². The van der Waals surface area contributed by atoms with Crippen molar-refractivity contribution in [2.75, 3.05) is 13.1 Å². The zero-order valence-electron chi connectivity index (χ0n) is 17.4. The Kier molecular flexibility index (Phi) is 6.01. The molecule has 0 bridgehead atoms. The maximum Gasteiger partial charge on any atom is 0.312 e. The van der Waals surface area contributed by atoms with Crippen LogP contribution >= 0.6 is 0 Å². The lowest BCUT2D eigenvalue weighted by molar-refractivity contribution is -0.149. The maximum absolute atomic E-state index is 14.6. The number of piperidine rings is 1. The number of hydrogen-bond donors (Lipinski definition) is 2. The number of likely N-dealkylation sites (tertiary alicyclic amines) is 1. The van der Waals surface area contributed by atoms with E-state index in [1.165, 1.54) is 6.07 Å². The van der Waals surface area contributed by atoms with Crippen LogP contribution in [0, 0.1) is 18.7 Å². The second-order valence-electron chi connectivity index (χ2n) is 8.14. The van der Waals surface area contributed by atoms with Crippen molar-refractivity contribution in [3.05, 3.63) is 47.8 Å². The molecular formula is C22H26FN5O3. The molecule has 0 radical (unpaired) electrons. The standard InChI is InChI=1S/C22H26FN5O3/c1-14-24-7-9-27(14)19-6-5-15(10-17(19)23)12-26-21(30)22(31)28-8-3-2-4-18(28)16-11-20(29)25-13-16/h5-7,9-10,16,18H,2-4,8,11-13H2,1H3,(H,25,29)(H,26,30). The highest BCUT2D eigenvalue weighted by Gasteiger charge is 2.38. The number of nitrogens with one attached hydrogen (secondary N) is 2. The summed E-state index contributed by atoms with van der Waals surface area (Å²) in [4.78, 5) is 42.6. The van der Waals surface area contributed by atoms with E-state index in [9.17, 15) is 18.8 Å². The molecule has 31 heavy (non-hydrogen) atoms. The Balaban J connectivity index is 1.38. The molecule has 164 valence electrons. The van der Waals surface area contributed by atoms with E-state index in [0.717, 1.165) is 19.3 Å². The van der Waals surface area contributed by atoms with E-state index in [0.29, 0.717) is 36.6 Å². The van der Waals surface area contributed by atoms with Crippen molar-refractivity contribution in [2.45, 2.75) is 45.2 Å². The Morgan fingerprint density at radius 2 is 2.16 bits per heavy atom. The van der Waals surface area contributed by atoms with Gasteiger partial charge in [-0.25, -0.2) is 9.37 Å². The van der Waals surface area contributed by atoms with Crippen LogP contribution in [0.3, 0.4) is 0 Å². The minimum atomic E-state index is -0.709. The lowest BCUT2D eigenvalue weighted by Gasteiger charge is -2.38. The number of aryl methyl sites for hydroxylation is 1. The third-order valence-corrected chi connectivity index (χ3v) is 6.11. The van der Waals surface area contributed by atoms with Gasteiger partial charge >= 0.3 is 11.8 Å². The maximum atomic E-state index is 14.6. The first-order chi connectivity index (χ1) is 14.9. The van der Waals surface area contributed by atoms with Crippen molar-refractivity contribution in [1.82, 2.24) is 25.1 Å². The first-order valence-corrected chi connectivity index (χ1v) is 10.6. The summed E-state index contributed by atoms with van der Waals surface area (Å²) in [6.07, 6.45) is 6.26. The van der Waals surface area contributed by atoms with Crippen LogP contribution in [0.15, 0.2) is 30.6 Å². The van der Waals surface area contributed by atoms with Crippen LogP contribution in [-0.2, 0) is 20.9 Å². The Bertz CT molecular complexity index is 1000. The van der Waals surface area contributed by atoms with Crippen LogP contribution < -0.4 is 10.6 Å². The van der Waals surface area contributed by atoms with E-state index in [2.05, 4.69) is 15.6 Å². The van der Waals surface area contributed by atoms with Gasteiger partial charge in [-0.05, 0) is 43.9 Å². The molecule has 2 aliphatic rings. The van der Waals surface area contributed by atoms with Gasteiger partial charge in [0.2, 0.25) is 5.91 Å². The van der Waals surface area contributed by atoms with Crippen LogP contribution in [0.1, 0.15) is 37.1 Å². The Hall–Kier alpha value is -3.23. The zero-order chi connectivity index (χ0) is 22.0. The molecule has 2 N–H and O–H groups in total. The number of carbonyl (C=O) groups is 3. The molecule has 3 heterocycles. The van der Waals surface area contributed by atoms with Crippen LogP contribution in [0.25, 0.3) is 5.69 Å². The summed E-state index contributed by atoms with van der Waals surface area (Å²) in [5.41, 5.74) is 0.929. The minimum Gasteiger partial charge on any atom is -0.356 e. The van der Waals surface area contributed by atoms with Crippen molar-refractivity contribution in [3.63, 3.8) is 0 Å². The van der Waals surface area contributed by atoms with Gasteiger partial charge < -0.3 is 20.1 Å². The monoisotopic (exact) mass is 427 g/mol. The van der Waals surface area contributed by atoms with Gasteiger partial charge in [0.1, 0.15) is 11.6 Å².